The molecule has 112 valence electrons. The third kappa shape index (κ3) is 4.59. The Morgan fingerprint density at radius 3 is 2.67 bits per heavy atom. The van der Waals surface area contributed by atoms with Gasteiger partial charge in [0.25, 0.3) is 0 Å². The molecule has 1 heterocycles. The molecule has 2 rings (SSSR count). The smallest absolute Gasteiger partial charge is 0.124 e. The second-order valence-corrected chi connectivity index (χ2v) is 6.76. The fourth-order valence-electron chi connectivity index (χ4n) is 2.14. The Kier molecular flexibility index (Phi) is 5.45. The number of nitrogens with two attached hydrogens (primary N) is 1. The lowest BCUT2D eigenvalue weighted by molar-refractivity contribution is 0.205. The number of thiophene rings is 1. The van der Waals surface area contributed by atoms with E-state index >= 15 is 0 Å². The van der Waals surface area contributed by atoms with Gasteiger partial charge in [0, 0.05) is 29.6 Å². The van der Waals surface area contributed by atoms with Gasteiger partial charge in [-0.15, -0.1) is 11.3 Å². The van der Waals surface area contributed by atoms with E-state index in [1.54, 1.807) is 17.4 Å². The molecule has 0 fully saturated rings. The monoisotopic (exact) mass is 322 g/mol. The van der Waals surface area contributed by atoms with Crippen LogP contribution in [-0.2, 0) is 13.1 Å². The predicted octanol–water partition coefficient (Wildman–Crippen LogP) is 3.93. The molecule has 2 aromatic rings. The highest BCUT2D eigenvalue weighted by molar-refractivity contribution is 7.80. The van der Waals surface area contributed by atoms with Gasteiger partial charge >= 0.3 is 0 Å². The highest BCUT2D eigenvalue weighted by Crippen LogP contribution is 2.18. The molecular weight excluding hydrogens is 303 g/mol. The molecule has 2 nitrogen and oxygen atoms in total. The zero-order valence-electron chi connectivity index (χ0n) is 12.2. The highest BCUT2D eigenvalue weighted by atomic mass is 32.1. The third-order valence-corrected chi connectivity index (χ3v) is 4.39. The van der Waals surface area contributed by atoms with Crippen LogP contribution in [0.4, 0.5) is 4.39 Å². The van der Waals surface area contributed by atoms with E-state index in [2.05, 4.69) is 30.2 Å². The van der Waals surface area contributed by atoms with E-state index in [0.717, 1.165) is 12.1 Å². The molecule has 0 spiro atoms. The van der Waals surface area contributed by atoms with Crippen molar-refractivity contribution in [2.75, 3.05) is 0 Å². The van der Waals surface area contributed by atoms with Gasteiger partial charge in [0.1, 0.15) is 10.8 Å². The fraction of sp³-hybridized carbons (Fsp3) is 0.312. The SMILES string of the molecule is CC(C)N(Cc1cc(F)cc(C(N)=S)c1)Cc1cccs1. The summed E-state index contributed by atoms with van der Waals surface area (Å²) >= 11 is 6.67. The third-order valence-electron chi connectivity index (χ3n) is 3.30. The summed E-state index contributed by atoms with van der Waals surface area (Å²) in [6, 6.07) is 9.33. The minimum atomic E-state index is -0.296. The van der Waals surface area contributed by atoms with Gasteiger partial charge in [-0.1, -0.05) is 18.3 Å². The van der Waals surface area contributed by atoms with Crippen LogP contribution in [0.25, 0.3) is 0 Å². The van der Waals surface area contributed by atoms with Gasteiger partial charge in [0.05, 0.1) is 0 Å². The normalized spacial score (nSPS) is 11.3. The Morgan fingerprint density at radius 2 is 2.10 bits per heavy atom. The van der Waals surface area contributed by atoms with Gasteiger partial charge in [-0.3, -0.25) is 4.90 Å². The van der Waals surface area contributed by atoms with Crippen LogP contribution in [0, 0.1) is 5.82 Å². The van der Waals surface area contributed by atoms with Crippen molar-refractivity contribution in [1.82, 2.24) is 4.90 Å². The molecular formula is C16H19FN2S2. The maximum absolute atomic E-state index is 13.7. The molecule has 21 heavy (non-hydrogen) atoms. The van der Waals surface area contributed by atoms with Crippen molar-refractivity contribution >= 4 is 28.5 Å². The largest absolute Gasteiger partial charge is 0.389 e. The van der Waals surface area contributed by atoms with E-state index in [4.69, 9.17) is 18.0 Å². The van der Waals surface area contributed by atoms with Crippen LogP contribution >= 0.6 is 23.6 Å². The van der Waals surface area contributed by atoms with E-state index in [-0.39, 0.29) is 10.8 Å². The molecule has 0 radical (unpaired) electrons. The first-order valence-corrected chi connectivity index (χ1v) is 8.10. The average Bonchev–Trinajstić information content (AvgIpc) is 2.90. The number of rotatable bonds is 6. The van der Waals surface area contributed by atoms with Crippen LogP contribution in [0.1, 0.15) is 29.9 Å². The second-order valence-electron chi connectivity index (χ2n) is 5.29. The Morgan fingerprint density at radius 1 is 1.33 bits per heavy atom. The fourth-order valence-corrected chi connectivity index (χ4v) is 2.99. The average molecular weight is 322 g/mol. The molecule has 0 saturated heterocycles. The van der Waals surface area contributed by atoms with E-state index in [1.807, 2.05) is 12.1 Å². The maximum atomic E-state index is 13.7. The number of halogens is 1. The second kappa shape index (κ2) is 7.11. The Balaban J connectivity index is 2.18. The van der Waals surface area contributed by atoms with Gasteiger partial charge in [-0.05, 0) is 49.1 Å². The van der Waals surface area contributed by atoms with E-state index in [1.165, 1.54) is 10.9 Å². The molecule has 1 aromatic carbocycles. The first-order valence-electron chi connectivity index (χ1n) is 6.81. The summed E-state index contributed by atoms with van der Waals surface area (Å²) in [7, 11) is 0. The molecule has 0 bridgehead atoms. The summed E-state index contributed by atoms with van der Waals surface area (Å²) in [5.74, 6) is -0.296. The molecule has 0 atom stereocenters. The Labute approximate surface area is 134 Å². The van der Waals surface area contributed by atoms with Crippen molar-refractivity contribution < 1.29 is 4.39 Å². The Bertz CT molecular complexity index is 609. The maximum Gasteiger partial charge on any atom is 0.124 e. The summed E-state index contributed by atoms with van der Waals surface area (Å²) in [5.41, 5.74) is 7.08. The van der Waals surface area contributed by atoms with Crippen LogP contribution in [-0.4, -0.2) is 15.9 Å². The van der Waals surface area contributed by atoms with E-state index in [9.17, 15) is 4.39 Å². The molecule has 0 aliphatic rings. The quantitative estimate of drug-likeness (QED) is 0.817. The lowest BCUT2D eigenvalue weighted by atomic mass is 10.1. The first kappa shape index (κ1) is 16.1. The standard InChI is InChI=1S/C16H19FN2S2/c1-11(2)19(10-15-4-3-5-21-15)9-12-6-13(16(18)20)8-14(17)7-12/h3-8,11H,9-10H2,1-2H3,(H2,18,20). The van der Waals surface area contributed by atoms with Crippen LogP contribution in [0.2, 0.25) is 0 Å². The molecule has 0 aliphatic heterocycles. The lowest BCUT2D eigenvalue weighted by Crippen LogP contribution is -2.29. The van der Waals surface area contributed by atoms with Crippen molar-refractivity contribution in [2.45, 2.75) is 33.0 Å². The molecule has 0 saturated carbocycles. The Hall–Kier alpha value is -1.30. The van der Waals surface area contributed by atoms with Crippen molar-refractivity contribution in [1.29, 1.82) is 0 Å². The summed E-state index contributed by atoms with van der Waals surface area (Å²) in [6.07, 6.45) is 0. The van der Waals surface area contributed by atoms with E-state index < -0.39 is 0 Å². The summed E-state index contributed by atoms with van der Waals surface area (Å²) < 4.78 is 13.7. The van der Waals surface area contributed by atoms with Gasteiger partial charge in [0.15, 0.2) is 0 Å². The van der Waals surface area contributed by atoms with Gasteiger partial charge in [0.2, 0.25) is 0 Å². The molecule has 5 heteroatoms. The van der Waals surface area contributed by atoms with Gasteiger partial charge in [-0.2, -0.15) is 0 Å². The minimum Gasteiger partial charge on any atom is -0.389 e. The predicted molar refractivity (Wildman–Crippen MR) is 91.0 cm³/mol. The van der Waals surface area contributed by atoms with Crippen molar-refractivity contribution in [2.24, 2.45) is 5.73 Å². The number of nitrogens with zero attached hydrogens (tertiary/aromatic N) is 1. The highest BCUT2D eigenvalue weighted by Gasteiger charge is 2.13. The number of hydrogen-bond donors (Lipinski definition) is 1. The topological polar surface area (TPSA) is 29.3 Å². The van der Waals surface area contributed by atoms with E-state index in [0.29, 0.717) is 18.2 Å². The minimum absolute atomic E-state index is 0.227. The number of hydrogen-bond acceptors (Lipinski definition) is 3. The molecule has 0 aliphatic carbocycles. The number of thiocarbonyl (C=S) groups is 1. The summed E-state index contributed by atoms with van der Waals surface area (Å²) in [5, 5.41) is 2.07. The zero-order chi connectivity index (χ0) is 15.4. The summed E-state index contributed by atoms with van der Waals surface area (Å²) in [4.78, 5) is 3.82. The molecule has 2 N–H and O–H groups in total. The van der Waals surface area contributed by atoms with Crippen molar-refractivity contribution in [3.05, 3.63) is 57.5 Å². The van der Waals surface area contributed by atoms with Gasteiger partial charge in [-0.25, -0.2) is 4.39 Å². The molecule has 0 amide bonds. The zero-order valence-corrected chi connectivity index (χ0v) is 13.8. The molecule has 1 aromatic heterocycles. The van der Waals surface area contributed by atoms with Crippen molar-refractivity contribution in [3.63, 3.8) is 0 Å². The van der Waals surface area contributed by atoms with Crippen molar-refractivity contribution in [3.8, 4) is 0 Å². The summed E-state index contributed by atoms with van der Waals surface area (Å²) in [6.45, 7) is 5.81. The lowest BCUT2D eigenvalue weighted by Gasteiger charge is -2.26. The molecule has 0 unspecified atom stereocenters. The van der Waals surface area contributed by atoms with Crippen LogP contribution in [0.5, 0.6) is 0 Å². The van der Waals surface area contributed by atoms with Crippen LogP contribution < -0.4 is 5.73 Å². The number of benzene rings is 1. The first-order chi connectivity index (χ1) is 9.95. The van der Waals surface area contributed by atoms with Crippen LogP contribution in [0.15, 0.2) is 35.7 Å². The van der Waals surface area contributed by atoms with Gasteiger partial charge < -0.3 is 5.73 Å². The van der Waals surface area contributed by atoms with Crippen LogP contribution in [0.3, 0.4) is 0 Å².